The highest BCUT2D eigenvalue weighted by molar-refractivity contribution is 5.52. The van der Waals surface area contributed by atoms with Crippen LogP contribution in [0, 0.1) is 17.3 Å². The molecule has 0 radical (unpaired) electrons. The molecule has 166 valence electrons. The van der Waals surface area contributed by atoms with E-state index >= 15 is 0 Å². The molecule has 31 heavy (non-hydrogen) atoms. The highest BCUT2D eigenvalue weighted by atomic mass is 16.3. The van der Waals surface area contributed by atoms with Crippen molar-refractivity contribution >= 4 is 5.69 Å². The summed E-state index contributed by atoms with van der Waals surface area (Å²) in [5.74, 6) is 1.65. The summed E-state index contributed by atoms with van der Waals surface area (Å²) < 4.78 is 0. The summed E-state index contributed by atoms with van der Waals surface area (Å²) in [6.45, 7) is 4.46. The van der Waals surface area contributed by atoms with Gasteiger partial charge in [0.15, 0.2) is 0 Å². The number of benzene rings is 1. The van der Waals surface area contributed by atoms with E-state index in [1.54, 1.807) is 16.7 Å². The van der Waals surface area contributed by atoms with E-state index in [-0.39, 0.29) is 5.41 Å². The minimum Gasteiger partial charge on any atom is -0.385 e. The van der Waals surface area contributed by atoms with Crippen LogP contribution >= 0.6 is 0 Å². The van der Waals surface area contributed by atoms with Crippen molar-refractivity contribution in [3.63, 3.8) is 0 Å². The van der Waals surface area contributed by atoms with Crippen LogP contribution < -0.4 is 4.90 Å². The van der Waals surface area contributed by atoms with Crippen molar-refractivity contribution in [3.8, 4) is 0 Å². The van der Waals surface area contributed by atoms with Gasteiger partial charge in [-0.15, -0.1) is 0 Å². The molecule has 2 heteroatoms. The molecule has 0 heterocycles. The van der Waals surface area contributed by atoms with Crippen molar-refractivity contribution in [2.75, 3.05) is 19.0 Å². The van der Waals surface area contributed by atoms with Gasteiger partial charge in [0, 0.05) is 31.1 Å². The molecular weight excluding hydrogens is 378 g/mol. The third-order valence-electron chi connectivity index (χ3n) is 9.27. The van der Waals surface area contributed by atoms with E-state index in [4.69, 9.17) is 0 Å². The Labute approximate surface area is 188 Å². The molecule has 1 aromatic rings. The maximum Gasteiger partial charge on any atom is 0.0884 e. The van der Waals surface area contributed by atoms with Crippen LogP contribution in [-0.2, 0) is 0 Å². The second-order valence-electron chi connectivity index (χ2n) is 10.9. The number of allylic oxidation sites excluding steroid dienone is 5. The Balaban J connectivity index is 1.65. The van der Waals surface area contributed by atoms with E-state index in [1.165, 1.54) is 43.4 Å². The van der Waals surface area contributed by atoms with E-state index in [0.717, 1.165) is 19.3 Å². The normalized spacial score (nSPS) is 37.3. The third-order valence-corrected chi connectivity index (χ3v) is 9.27. The first-order valence-electron chi connectivity index (χ1n) is 12.4. The van der Waals surface area contributed by atoms with Gasteiger partial charge in [0.2, 0.25) is 0 Å². The maximum absolute atomic E-state index is 11.8. The van der Waals surface area contributed by atoms with Crippen LogP contribution in [0.15, 0.2) is 59.2 Å². The van der Waals surface area contributed by atoms with Crippen molar-refractivity contribution in [1.82, 2.24) is 0 Å². The van der Waals surface area contributed by atoms with Gasteiger partial charge in [0.1, 0.15) is 0 Å². The van der Waals surface area contributed by atoms with Crippen LogP contribution in [0.3, 0.4) is 0 Å². The number of fused-ring (bicyclic) bond motifs is 4. The number of anilines is 1. The Bertz CT molecular complexity index is 936. The average molecular weight is 418 g/mol. The molecular formula is C29H39NO. The SMILES string of the molecule is CC=C[C@]1(O)CC[C@H]2[C@@H]3CCC4=CCCCC4=C3[C@@H](c3ccc(N(C)C)cc3)C[C@@]21C. The fourth-order valence-electron chi connectivity index (χ4n) is 7.66. The Morgan fingerprint density at radius 1 is 1.10 bits per heavy atom. The molecule has 0 aromatic heterocycles. The van der Waals surface area contributed by atoms with Gasteiger partial charge in [0.25, 0.3) is 0 Å². The van der Waals surface area contributed by atoms with Crippen molar-refractivity contribution in [1.29, 1.82) is 0 Å². The van der Waals surface area contributed by atoms with E-state index in [2.05, 4.69) is 75.3 Å². The second-order valence-corrected chi connectivity index (χ2v) is 10.9. The molecule has 0 spiro atoms. The van der Waals surface area contributed by atoms with Crippen LogP contribution in [0.2, 0.25) is 0 Å². The summed E-state index contributed by atoms with van der Waals surface area (Å²) in [5.41, 5.74) is 7.07. The summed E-state index contributed by atoms with van der Waals surface area (Å²) in [5, 5.41) is 11.8. The Morgan fingerprint density at radius 2 is 1.87 bits per heavy atom. The summed E-state index contributed by atoms with van der Waals surface area (Å²) in [6.07, 6.45) is 16.2. The van der Waals surface area contributed by atoms with Gasteiger partial charge in [-0.2, -0.15) is 0 Å². The third kappa shape index (κ3) is 3.17. The van der Waals surface area contributed by atoms with E-state index in [9.17, 15) is 5.11 Å². The van der Waals surface area contributed by atoms with Gasteiger partial charge in [-0.25, -0.2) is 0 Å². The Hall–Kier alpha value is -1.80. The number of rotatable bonds is 3. The smallest absolute Gasteiger partial charge is 0.0884 e. The molecule has 2 fully saturated rings. The predicted molar refractivity (Wildman–Crippen MR) is 130 cm³/mol. The molecule has 1 aromatic carbocycles. The lowest BCUT2D eigenvalue weighted by molar-refractivity contribution is -0.0583. The fourth-order valence-corrected chi connectivity index (χ4v) is 7.66. The number of nitrogens with zero attached hydrogens (tertiary/aromatic N) is 1. The maximum atomic E-state index is 11.8. The molecule has 5 rings (SSSR count). The Kier molecular flexibility index (Phi) is 5.20. The molecule has 0 bridgehead atoms. The molecule has 0 amide bonds. The number of hydrogen-bond acceptors (Lipinski definition) is 2. The molecule has 2 saturated carbocycles. The van der Waals surface area contributed by atoms with Gasteiger partial charge < -0.3 is 10.0 Å². The van der Waals surface area contributed by atoms with Gasteiger partial charge in [0.05, 0.1) is 5.60 Å². The van der Waals surface area contributed by atoms with Gasteiger partial charge in [-0.1, -0.05) is 42.9 Å². The first kappa shape index (κ1) is 21.1. The molecule has 4 aliphatic carbocycles. The molecule has 4 aliphatic rings. The van der Waals surface area contributed by atoms with Crippen molar-refractivity contribution in [2.24, 2.45) is 17.3 Å². The molecule has 2 nitrogen and oxygen atoms in total. The van der Waals surface area contributed by atoms with E-state index in [0.29, 0.717) is 17.8 Å². The topological polar surface area (TPSA) is 23.5 Å². The monoisotopic (exact) mass is 417 g/mol. The van der Waals surface area contributed by atoms with Gasteiger partial charge >= 0.3 is 0 Å². The number of hydrogen-bond donors (Lipinski definition) is 1. The standard InChI is InChI=1S/C29H39NO/c1-5-17-29(31)18-16-26-24-15-12-20-8-6-7-9-23(20)27(24)25(19-28(26,29)2)21-10-13-22(14-11-21)30(3)4/h5,8,10-11,13-14,17,24-26,31H,6-7,9,12,15-16,18-19H2,1-4H3/t24-,25+,26-,28-,29-/m0/s1. The van der Waals surface area contributed by atoms with Crippen molar-refractivity contribution < 1.29 is 5.11 Å². The lowest BCUT2D eigenvalue weighted by Crippen LogP contribution is -2.50. The largest absolute Gasteiger partial charge is 0.385 e. The molecule has 0 unspecified atom stereocenters. The Morgan fingerprint density at radius 3 is 2.58 bits per heavy atom. The van der Waals surface area contributed by atoms with Crippen molar-refractivity contribution in [3.05, 3.63) is 64.8 Å². The van der Waals surface area contributed by atoms with E-state index < -0.39 is 5.60 Å². The molecule has 0 aliphatic heterocycles. The zero-order chi connectivity index (χ0) is 21.8. The molecule has 0 saturated heterocycles. The highest BCUT2D eigenvalue weighted by Crippen LogP contribution is 2.67. The van der Waals surface area contributed by atoms with Gasteiger partial charge in [-0.3, -0.25) is 0 Å². The minimum atomic E-state index is -0.673. The van der Waals surface area contributed by atoms with Gasteiger partial charge in [-0.05, 0) is 99.0 Å². The fraction of sp³-hybridized carbons (Fsp3) is 0.586. The lowest BCUT2D eigenvalue weighted by Gasteiger charge is -2.54. The zero-order valence-electron chi connectivity index (χ0n) is 19.8. The average Bonchev–Trinajstić information content (AvgIpc) is 3.03. The van der Waals surface area contributed by atoms with Crippen LogP contribution in [-0.4, -0.2) is 24.8 Å². The highest BCUT2D eigenvalue weighted by Gasteiger charge is 2.61. The first-order chi connectivity index (χ1) is 14.9. The zero-order valence-corrected chi connectivity index (χ0v) is 19.8. The summed E-state index contributed by atoms with van der Waals surface area (Å²) in [7, 11) is 4.22. The summed E-state index contributed by atoms with van der Waals surface area (Å²) in [4.78, 5) is 2.18. The minimum absolute atomic E-state index is 0.0605. The summed E-state index contributed by atoms with van der Waals surface area (Å²) in [6, 6.07) is 9.27. The first-order valence-corrected chi connectivity index (χ1v) is 12.4. The van der Waals surface area contributed by atoms with Crippen LogP contribution in [0.5, 0.6) is 0 Å². The predicted octanol–water partition coefficient (Wildman–Crippen LogP) is 6.78. The molecule has 5 atom stereocenters. The van der Waals surface area contributed by atoms with Crippen LogP contribution in [0.4, 0.5) is 5.69 Å². The summed E-state index contributed by atoms with van der Waals surface area (Å²) >= 11 is 0. The number of aliphatic hydroxyl groups is 1. The quantitative estimate of drug-likeness (QED) is 0.548. The lowest BCUT2D eigenvalue weighted by atomic mass is 9.51. The second kappa shape index (κ2) is 7.66. The van der Waals surface area contributed by atoms with E-state index in [1.807, 2.05) is 0 Å². The molecule has 1 N–H and O–H groups in total. The van der Waals surface area contributed by atoms with Crippen LogP contribution in [0.25, 0.3) is 0 Å². The van der Waals surface area contributed by atoms with Crippen LogP contribution in [0.1, 0.15) is 76.7 Å². The van der Waals surface area contributed by atoms with Crippen molar-refractivity contribution in [2.45, 2.75) is 76.7 Å².